The largest absolute Gasteiger partial charge is 0.370 e. The van der Waals surface area contributed by atoms with E-state index in [9.17, 15) is 14.9 Å². The van der Waals surface area contributed by atoms with Gasteiger partial charge in [-0.3, -0.25) is 9.59 Å². The molecule has 1 saturated carbocycles. The van der Waals surface area contributed by atoms with Gasteiger partial charge in [0.05, 0.1) is 6.07 Å². The zero-order valence-corrected chi connectivity index (χ0v) is 16.5. The first-order valence-corrected chi connectivity index (χ1v) is 10.6. The second-order valence-corrected chi connectivity index (χ2v) is 8.25. The fourth-order valence-electron chi connectivity index (χ4n) is 4.22. The first kappa shape index (κ1) is 21.7. The van der Waals surface area contributed by atoms with Gasteiger partial charge in [0.15, 0.2) is 0 Å². The van der Waals surface area contributed by atoms with Crippen molar-refractivity contribution in [3.63, 3.8) is 0 Å². The number of carbonyl (C=O) groups is 2. The molecule has 2 fully saturated rings. The minimum Gasteiger partial charge on any atom is -0.370 e. The Labute approximate surface area is 163 Å². The van der Waals surface area contributed by atoms with E-state index in [1.54, 1.807) is 6.42 Å². The van der Waals surface area contributed by atoms with Crippen LogP contribution < -0.4 is 11.1 Å². The van der Waals surface area contributed by atoms with Gasteiger partial charge in [0.1, 0.15) is 5.54 Å². The number of primary amides is 1. The molecule has 6 nitrogen and oxygen atoms in total. The predicted octanol–water partition coefficient (Wildman–Crippen LogP) is 2.68. The molecular weight excluding hydrogens is 340 g/mol. The molecule has 6 heteroatoms. The maximum absolute atomic E-state index is 12.3. The van der Waals surface area contributed by atoms with Crippen LogP contribution in [0.25, 0.3) is 0 Å². The van der Waals surface area contributed by atoms with Gasteiger partial charge in [-0.2, -0.15) is 5.26 Å². The molecule has 1 radical (unpaired) electrons. The van der Waals surface area contributed by atoms with Crippen LogP contribution in [-0.4, -0.2) is 41.9 Å². The maximum atomic E-state index is 12.3. The second-order valence-electron chi connectivity index (χ2n) is 8.25. The summed E-state index contributed by atoms with van der Waals surface area (Å²) < 4.78 is 0. The molecule has 0 aromatic rings. The van der Waals surface area contributed by atoms with Crippen LogP contribution in [0.3, 0.4) is 0 Å². The minimum atomic E-state index is -0.720. The van der Waals surface area contributed by atoms with E-state index in [1.807, 2.05) is 0 Å². The molecule has 1 aliphatic heterocycles. The van der Waals surface area contributed by atoms with E-state index in [4.69, 9.17) is 5.73 Å². The standard InChI is InChI=1S/C21H35N4O2/c22-17-21(24-20(27)11-10-18-7-3-1-4-8-18)12-15-25(16-13-21)14-6-2-5-9-19(23)26/h11,18H,1-10,12-16H2,(H2,23,26)(H,24,27). The number of piperidine rings is 1. The fraction of sp³-hybridized carbons (Fsp3) is 0.810. The van der Waals surface area contributed by atoms with Crippen LogP contribution in [0.1, 0.15) is 77.0 Å². The predicted molar refractivity (Wildman–Crippen MR) is 105 cm³/mol. The number of hydrogen-bond acceptors (Lipinski definition) is 4. The number of nitrogens with zero attached hydrogens (tertiary/aromatic N) is 2. The summed E-state index contributed by atoms with van der Waals surface area (Å²) in [4.78, 5) is 25.4. The SMILES string of the molecule is N#CC1(NC(=O)[CH]CC2CCCCC2)CCN(CCCCCC(N)=O)CC1. The molecule has 0 aromatic heterocycles. The molecular formula is C21H35N4O2. The Morgan fingerprint density at radius 2 is 1.85 bits per heavy atom. The zero-order valence-electron chi connectivity index (χ0n) is 16.5. The third-order valence-corrected chi connectivity index (χ3v) is 6.04. The summed E-state index contributed by atoms with van der Waals surface area (Å²) in [7, 11) is 0. The van der Waals surface area contributed by atoms with Gasteiger partial charge in [0.2, 0.25) is 11.8 Å². The third-order valence-electron chi connectivity index (χ3n) is 6.04. The van der Waals surface area contributed by atoms with Gasteiger partial charge in [-0.05, 0) is 44.6 Å². The van der Waals surface area contributed by atoms with E-state index >= 15 is 0 Å². The van der Waals surface area contributed by atoms with Gasteiger partial charge in [-0.15, -0.1) is 0 Å². The smallest absolute Gasteiger partial charge is 0.225 e. The van der Waals surface area contributed by atoms with Crippen molar-refractivity contribution in [1.82, 2.24) is 10.2 Å². The number of nitriles is 1. The van der Waals surface area contributed by atoms with E-state index in [2.05, 4.69) is 16.3 Å². The summed E-state index contributed by atoms with van der Waals surface area (Å²) in [5, 5.41) is 12.6. The van der Waals surface area contributed by atoms with Crippen molar-refractivity contribution in [2.75, 3.05) is 19.6 Å². The molecule has 0 bridgehead atoms. The normalized spacial score (nSPS) is 20.7. The summed E-state index contributed by atoms with van der Waals surface area (Å²) in [6.45, 7) is 2.63. The first-order chi connectivity index (χ1) is 13.0. The molecule has 151 valence electrons. The molecule has 0 spiro atoms. The highest BCUT2D eigenvalue weighted by Gasteiger charge is 2.36. The zero-order chi connectivity index (χ0) is 19.5. The Morgan fingerprint density at radius 3 is 2.48 bits per heavy atom. The average Bonchev–Trinajstić information content (AvgIpc) is 2.68. The number of nitrogens with one attached hydrogen (secondary N) is 1. The molecule has 1 heterocycles. The molecule has 0 atom stereocenters. The lowest BCUT2D eigenvalue weighted by Crippen LogP contribution is -2.54. The van der Waals surface area contributed by atoms with Gasteiger partial charge < -0.3 is 16.0 Å². The van der Waals surface area contributed by atoms with Crippen molar-refractivity contribution in [1.29, 1.82) is 5.26 Å². The van der Waals surface area contributed by atoms with Gasteiger partial charge in [-0.25, -0.2) is 0 Å². The number of carbonyl (C=O) groups excluding carboxylic acids is 2. The van der Waals surface area contributed by atoms with Gasteiger partial charge in [0, 0.05) is 25.9 Å². The molecule has 2 aliphatic rings. The van der Waals surface area contributed by atoms with E-state index < -0.39 is 5.54 Å². The Morgan fingerprint density at radius 1 is 1.15 bits per heavy atom. The number of nitrogens with two attached hydrogens (primary N) is 1. The summed E-state index contributed by atoms with van der Waals surface area (Å²) >= 11 is 0. The van der Waals surface area contributed by atoms with E-state index in [0.717, 1.165) is 45.3 Å². The summed E-state index contributed by atoms with van der Waals surface area (Å²) in [5.74, 6) is 0.323. The van der Waals surface area contributed by atoms with Gasteiger partial charge in [-0.1, -0.05) is 38.5 Å². The molecule has 1 saturated heterocycles. The van der Waals surface area contributed by atoms with Crippen LogP contribution in [0.2, 0.25) is 0 Å². The Balaban J connectivity index is 1.64. The Kier molecular flexibility index (Phi) is 9.06. The topological polar surface area (TPSA) is 99.2 Å². The Hall–Kier alpha value is -1.61. The highest BCUT2D eigenvalue weighted by molar-refractivity contribution is 5.85. The maximum Gasteiger partial charge on any atom is 0.225 e. The number of hydrogen-bond donors (Lipinski definition) is 2. The van der Waals surface area contributed by atoms with Crippen LogP contribution in [0, 0.1) is 23.7 Å². The van der Waals surface area contributed by atoms with Crippen molar-refractivity contribution < 1.29 is 9.59 Å². The van der Waals surface area contributed by atoms with E-state index in [-0.39, 0.29) is 11.8 Å². The Bertz CT molecular complexity index is 515. The number of rotatable bonds is 10. The fourth-order valence-corrected chi connectivity index (χ4v) is 4.22. The van der Waals surface area contributed by atoms with Crippen LogP contribution in [0.15, 0.2) is 0 Å². The number of likely N-dealkylation sites (tertiary alicyclic amines) is 1. The van der Waals surface area contributed by atoms with Crippen molar-refractivity contribution in [2.45, 2.75) is 82.6 Å². The monoisotopic (exact) mass is 375 g/mol. The molecule has 2 rings (SSSR count). The highest BCUT2D eigenvalue weighted by Crippen LogP contribution is 2.27. The van der Waals surface area contributed by atoms with E-state index in [0.29, 0.717) is 25.2 Å². The highest BCUT2D eigenvalue weighted by atomic mass is 16.2. The third kappa shape index (κ3) is 7.88. The first-order valence-electron chi connectivity index (χ1n) is 10.6. The molecule has 1 aliphatic carbocycles. The molecule has 27 heavy (non-hydrogen) atoms. The second kappa shape index (κ2) is 11.3. The summed E-state index contributed by atoms with van der Waals surface area (Å²) in [5.41, 5.74) is 4.43. The van der Waals surface area contributed by atoms with Crippen molar-refractivity contribution in [2.24, 2.45) is 11.7 Å². The molecule has 0 aromatic carbocycles. The van der Waals surface area contributed by atoms with E-state index in [1.165, 1.54) is 32.1 Å². The summed E-state index contributed by atoms with van der Waals surface area (Å²) in [6, 6.07) is 2.37. The molecule has 2 amide bonds. The van der Waals surface area contributed by atoms with Crippen LogP contribution in [-0.2, 0) is 9.59 Å². The molecule has 3 N–H and O–H groups in total. The van der Waals surface area contributed by atoms with Crippen LogP contribution >= 0.6 is 0 Å². The number of unbranched alkanes of at least 4 members (excludes halogenated alkanes) is 2. The quantitative estimate of drug-likeness (QED) is 0.573. The lowest BCUT2D eigenvalue weighted by molar-refractivity contribution is -0.120. The van der Waals surface area contributed by atoms with Crippen LogP contribution in [0.5, 0.6) is 0 Å². The minimum absolute atomic E-state index is 0.0815. The van der Waals surface area contributed by atoms with Gasteiger partial charge in [0.25, 0.3) is 0 Å². The van der Waals surface area contributed by atoms with Crippen molar-refractivity contribution in [3.05, 3.63) is 6.42 Å². The van der Waals surface area contributed by atoms with Gasteiger partial charge >= 0.3 is 0 Å². The lowest BCUT2D eigenvalue weighted by Gasteiger charge is -2.37. The average molecular weight is 376 g/mol. The molecule has 0 unspecified atom stereocenters. The lowest BCUT2D eigenvalue weighted by atomic mass is 9.85. The summed E-state index contributed by atoms with van der Waals surface area (Å²) in [6.07, 6.45) is 13.6. The van der Waals surface area contributed by atoms with Crippen molar-refractivity contribution >= 4 is 11.8 Å². The van der Waals surface area contributed by atoms with Crippen molar-refractivity contribution in [3.8, 4) is 6.07 Å². The number of amides is 2. The van der Waals surface area contributed by atoms with Crippen LogP contribution in [0.4, 0.5) is 0 Å².